The monoisotopic (exact) mass is 538 g/mol. The molecule has 1 aromatic rings. The molecule has 1 heterocycles. The molecule has 1 aliphatic heterocycles. The minimum atomic E-state index is -4.02. The van der Waals surface area contributed by atoms with Gasteiger partial charge in [0.15, 0.2) is 11.5 Å². The van der Waals surface area contributed by atoms with Crippen LogP contribution in [-0.2, 0) is 4.79 Å². The summed E-state index contributed by atoms with van der Waals surface area (Å²) in [4.78, 5) is 14.2. The third-order valence-electron chi connectivity index (χ3n) is 7.29. The first-order chi connectivity index (χ1) is 17.5. The molecule has 10 heteroatoms. The van der Waals surface area contributed by atoms with Crippen LogP contribution in [0.1, 0.15) is 59.8 Å². The standard InChI is InChI=1S/C28H40F2N2O6/c1-25(2)15-26(3,4)17-27(35,16-25)28(29,30)24(34)32-11-7-8-21(32)20(31)12-18(33)14-38-19-9-10-22(36-5)23(13-19)37-6/h9-10,12-13,21,31,33,35H,7-8,11,14-17H2,1-6H3/b18-12-,31-20?/t21-/m0/s1. The maximum Gasteiger partial charge on any atom is 0.352 e. The lowest BCUT2D eigenvalue weighted by Gasteiger charge is -2.51. The van der Waals surface area contributed by atoms with Gasteiger partial charge >= 0.3 is 5.92 Å². The fourth-order valence-corrected chi connectivity index (χ4v) is 6.38. The Morgan fingerprint density at radius 1 is 1.13 bits per heavy atom. The van der Waals surface area contributed by atoms with Gasteiger partial charge < -0.3 is 34.7 Å². The highest BCUT2D eigenvalue weighted by atomic mass is 19.3. The summed E-state index contributed by atoms with van der Waals surface area (Å²) < 4.78 is 47.4. The van der Waals surface area contributed by atoms with Gasteiger partial charge in [-0.05, 0) is 55.1 Å². The zero-order chi connectivity index (χ0) is 28.5. The summed E-state index contributed by atoms with van der Waals surface area (Å²) in [7, 11) is 2.98. The van der Waals surface area contributed by atoms with Crippen LogP contribution in [-0.4, -0.2) is 71.7 Å². The van der Waals surface area contributed by atoms with Crippen LogP contribution >= 0.6 is 0 Å². The summed E-state index contributed by atoms with van der Waals surface area (Å²) >= 11 is 0. The van der Waals surface area contributed by atoms with Crippen molar-refractivity contribution < 1.29 is 38.0 Å². The number of carbonyl (C=O) groups is 1. The van der Waals surface area contributed by atoms with Crippen LogP contribution in [0.2, 0.25) is 0 Å². The Morgan fingerprint density at radius 2 is 1.74 bits per heavy atom. The van der Waals surface area contributed by atoms with Gasteiger partial charge in [-0.2, -0.15) is 8.78 Å². The molecule has 38 heavy (non-hydrogen) atoms. The lowest BCUT2D eigenvalue weighted by atomic mass is 9.58. The van der Waals surface area contributed by atoms with Gasteiger partial charge in [0.2, 0.25) is 0 Å². The van der Waals surface area contributed by atoms with Gasteiger partial charge in [0.25, 0.3) is 5.91 Å². The van der Waals surface area contributed by atoms with Crippen molar-refractivity contribution in [1.29, 1.82) is 5.41 Å². The predicted octanol–water partition coefficient (Wildman–Crippen LogP) is 5.14. The van der Waals surface area contributed by atoms with Crippen LogP contribution in [0.3, 0.4) is 0 Å². The molecule has 0 spiro atoms. The van der Waals surface area contributed by atoms with E-state index in [1.54, 1.807) is 18.2 Å². The van der Waals surface area contributed by atoms with E-state index in [-0.39, 0.29) is 37.5 Å². The van der Waals surface area contributed by atoms with Crippen molar-refractivity contribution in [2.45, 2.75) is 77.4 Å². The Kier molecular flexibility index (Phi) is 8.36. The minimum Gasteiger partial charge on any atom is -0.509 e. The third-order valence-corrected chi connectivity index (χ3v) is 7.29. The normalized spacial score (nSPS) is 22.6. The molecule has 2 aliphatic rings. The second-order valence-corrected chi connectivity index (χ2v) is 12.0. The average molecular weight is 539 g/mol. The van der Waals surface area contributed by atoms with Gasteiger partial charge in [-0.15, -0.1) is 0 Å². The molecular formula is C28H40F2N2O6. The van der Waals surface area contributed by atoms with E-state index in [1.807, 2.05) is 27.7 Å². The summed E-state index contributed by atoms with van der Waals surface area (Å²) in [6.07, 6.45) is 2.10. The number of aliphatic hydroxyl groups is 2. The van der Waals surface area contributed by atoms with Crippen LogP contribution in [0.15, 0.2) is 30.0 Å². The van der Waals surface area contributed by atoms with Gasteiger partial charge in [0, 0.05) is 18.7 Å². The number of nitrogens with one attached hydrogen (secondary N) is 1. The number of likely N-dealkylation sites (tertiary alicyclic amines) is 1. The van der Waals surface area contributed by atoms with Crippen LogP contribution in [0, 0.1) is 16.2 Å². The number of hydrogen-bond donors (Lipinski definition) is 3. The third kappa shape index (κ3) is 6.22. The molecule has 0 aromatic heterocycles. The molecule has 2 fully saturated rings. The number of benzene rings is 1. The molecule has 1 saturated heterocycles. The largest absolute Gasteiger partial charge is 0.509 e. The fourth-order valence-electron chi connectivity index (χ4n) is 6.38. The van der Waals surface area contributed by atoms with Crippen molar-refractivity contribution in [3.63, 3.8) is 0 Å². The lowest BCUT2D eigenvalue weighted by molar-refractivity contribution is -0.230. The molecule has 1 saturated carbocycles. The van der Waals surface area contributed by atoms with E-state index in [0.717, 1.165) is 11.0 Å². The van der Waals surface area contributed by atoms with E-state index >= 15 is 8.78 Å². The second kappa shape index (κ2) is 10.7. The first kappa shape index (κ1) is 29.7. The molecule has 8 nitrogen and oxygen atoms in total. The predicted molar refractivity (Wildman–Crippen MR) is 140 cm³/mol. The van der Waals surface area contributed by atoms with Crippen molar-refractivity contribution in [1.82, 2.24) is 4.90 Å². The molecule has 3 rings (SSSR count). The molecule has 1 amide bonds. The fraction of sp³-hybridized carbons (Fsp3) is 0.643. The summed E-state index contributed by atoms with van der Waals surface area (Å²) in [5, 5.41) is 30.0. The van der Waals surface area contributed by atoms with Crippen molar-refractivity contribution in [2.24, 2.45) is 10.8 Å². The van der Waals surface area contributed by atoms with Crippen molar-refractivity contribution in [3.8, 4) is 17.2 Å². The Labute approximate surface area is 223 Å². The summed E-state index contributed by atoms with van der Waals surface area (Å²) in [6, 6.07) is 3.90. The lowest BCUT2D eigenvalue weighted by Crippen LogP contribution is -2.63. The first-order valence-corrected chi connectivity index (χ1v) is 12.8. The Bertz CT molecular complexity index is 1070. The summed E-state index contributed by atoms with van der Waals surface area (Å²) in [5.74, 6) is -4.46. The quantitative estimate of drug-likeness (QED) is 0.297. The number of alkyl halides is 2. The van der Waals surface area contributed by atoms with Crippen molar-refractivity contribution >= 4 is 11.6 Å². The highest BCUT2D eigenvalue weighted by Crippen LogP contribution is 2.55. The number of methoxy groups -OCH3 is 2. The number of ether oxygens (including phenoxy) is 3. The number of aliphatic hydroxyl groups excluding tert-OH is 1. The van der Waals surface area contributed by atoms with E-state index in [1.165, 1.54) is 14.2 Å². The maximum absolute atomic E-state index is 15.7. The number of rotatable bonds is 9. The van der Waals surface area contributed by atoms with E-state index in [9.17, 15) is 15.0 Å². The zero-order valence-electron chi connectivity index (χ0n) is 23.1. The molecule has 1 aliphatic carbocycles. The molecule has 3 N–H and O–H groups in total. The van der Waals surface area contributed by atoms with Crippen molar-refractivity contribution in [3.05, 3.63) is 30.0 Å². The van der Waals surface area contributed by atoms with Crippen LogP contribution < -0.4 is 14.2 Å². The number of amides is 1. The summed E-state index contributed by atoms with van der Waals surface area (Å²) in [6.45, 7) is 7.06. The number of nitrogens with zero attached hydrogens (tertiary/aromatic N) is 1. The SMILES string of the molecule is COc1ccc(OC/C(O)=C/C(=N)[C@@H]2CCCN2C(=O)C(F)(F)C2(O)CC(C)(C)CC(C)(C)C2)cc1OC. The molecule has 0 unspecified atom stereocenters. The van der Waals surface area contributed by atoms with E-state index in [4.69, 9.17) is 19.6 Å². The van der Waals surface area contributed by atoms with Gasteiger partial charge in [0.1, 0.15) is 23.7 Å². The number of carbonyl (C=O) groups excluding carboxylic acids is 1. The van der Waals surface area contributed by atoms with Crippen LogP contribution in [0.4, 0.5) is 8.78 Å². The van der Waals surface area contributed by atoms with Gasteiger partial charge in [0.05, 0.1) is 26.0 Å². The Hall–Kier alpha value is -2.88. The molecule has 0 bridgehead atoms. The summed E-state index contributed by atoms with van der Waals surface area (Å²) in [5.41, 5.74) is -3.81. The first-order valence-electron chi connectivity index (χ1n) is 12.8. The average Bonchev–Trinajstić information content (AvgIpc) is 3.29. The van der Waals surface area contributed by atoms with E-state index in [2.05, 4.69) is 0 Å². The number of halogens is 2. The number of hydrogen-bond acceptors (Lipinski definition) is 7. The van der Waals surface area contributed by atoms with Crippen LogP contribution in [0.25, 0.3) is 0 Å². The zero-order valence-corrected chi connectivity index (χ0v) is 23.1. The molecular weight excluding hydrogens is 498 g/mol. The van der Waals surface area contributed by atoms with E-state index in [0.29, 0.717) is 36.5 Å². The smallest absolute Gasteiger partial charge is 0.352 e. The molecule has 1 atom stereocenters. The van der Waals surface area contributed by atoms with Crippen LogP contribution in [0.5, 0.6) is 17.2 Å². The molecule has 212 valence electrons. The van der Waals surface area contributed by atoms with Crippen molar-refractivity contribution in [2.75, 3.05) is 27.4 Å². The topological polar surface area (TPSA) is 112 Å². The van der Waals surface area contributed by atoms with E-state index < -0.39 is 34.3 Å². The Morgan fingerprint density at radius 3 is 2.32 bits per heavy atom. The van der Waals surface area contributed by atoms with Gasteiger partial charge in [-0.25, -0.2) is 0 Å². The highest BCUT2D eigenvalue weighted by Gasteiger charge is 2.65. The molecule has 0 radical (unpaired) electrons. The minimum absolute atomic E-state index is 0.0427. The molecule has 1 aromatic carbocycles. The maximum atomic E-state index is 15.7. The second-order valence-electron chi connectivity index (χ2n) is 12.0. The van der Waals surface area contributed by atoms with Gasteiger partial charge in [-0.3, -0.25) is 4.79 Å². The van der Waals surface area contributed by atoms with Gasteiger partial charge in [-0.1, -0.05) is 27.7 Å². The Balaban J connectivity index is 1.72. The highest BCUT2D eigenvalue weighted by molar-refractivity contribution is 6.00.